The molecule has 0 heterocycles. The molecule has 0 atom stereocenters. The van der Waals surface area contributed by atoms with E-state index in [1.807, 2.05) is 30.3 Å². The Balaban J connectivity index is 2.40. The normalized spacial score (nSPS) is 10.6. The molecular formula is C12H15NS. The van der Waals surface area contributed by atoms with Crippen LogP contribution in [0, 0.1) is 5.41 Å². The second-order valence-electron chi connectivity index (χ2n) is 2.89. The van der Waals surface area contributed by atoms with Crippen molar-refractivity contribution in [2.45, 2.75) is 13.3 Å². The van der Waals surface area contributed by atoms with E-state index in [-0.39, 0.29) is 0 Å². The molecule has 0 saturated carbocycles. The van der Waals surface area contributed by atoms with Crippen LogP contribution in [0.4, 0.5) is 0 Å². The molecule has 0 radical (unpaired) electrons. The van der Waals surface area contributed by atoms with Crippen molar-refractivity contribution >= 4 is 16.8 Å². The summed E-state index contributed by atoms with van der Waals surface area (Å²) in [4.78, 5) is 0. The molecule has 0 amide bonds. The van der Waals surface area contributed by atoms with E-state index in [4.69, 9.17) is 5.41 Å². The van der Waals surface area contributed by atoms with Crippen molar-refractivity contribution in [2.24, 2.45) is 0 Å². The topological polar surface area (TPSA) is 23.9 Å². The number of thioether (sulfide) groups is 1. The predicted octanol–water partition coefficient (Wildman–Crippen LogP) is 3.71. The maximum Gasteiger partial charge on any atom is 0.0945 e. The van der Waals surface area contributed by atoms with Gasteiger partial charge in [-0.2, -0.15) is 0 Å². The van der Waals surface area contributed by atoms with Gasteiger partial charge in [-0.3, -0.25) is 5.41 Å². The van der Waals surface area contributed by atoms with Crippen LogP contribution in [0.15, 0.2) is 42.5 Å². The highest BCUT2D eigenvalue weighted by atomic mass is 32.2. The van der Waals surface area contributed by atoms with Crippen molar-refractivity contribution in [3.8, 4) is 0 Å². The Bertz CT molecular complexity index is 303. The van der Waals surface area contributed by atoms with E-state index >= 15 is 0 Å². The molecule has 1 aromatic rings. The van der Waals surface area contributed by atoms with E-state index in [2.05, 4.69) is 19.1 Å². The van der Waals surface area contributed by atoms with Crippen LogP contribution in [0.3, 0.4) is 0 Å². The lowest BCUT2D eigenvalue weighted by Crippen LogP contribution is -1.92. The highest BCUT2D eigenvalue weighted by Gasteiger charge is 1.98. The van der Waals surface area contributed by atoms with Gasteiger partial charge in [-0.15, -0.1) is 11.8 Å². The van der Waals surface area contributed by atoms with E-state index in [1.54, 1.807) is 11.8 Å². The minimum atomic E-state index is 0.645. The molecule has 0 aliphatic heterocycles. The van der Waals surface area contributed by atoms with Gasteiger partial charge in [0.25, 0.3) is 0 Å². The molecular weight excluding hydrogens is 190 g/mol. The zero-order chi connectivity index (χ0) is 10.2. The monoisotopic (exact) mass is 205 g/mol. The fourth-order valence-corrected chi connectivity index (χ4v) is 1.74. The Morgan fingerprint density at radius 3 is 2.64 bits per heavy atom. The van der Waals surface area contributed by atoms with Gasteiger partial charge in [-0.25, -0.2) is 0 Å². The molecule has 1 aromatic carbocycles. The van der Waals surface area contributed by atoms with Crippen molar-refractivity contribution in [3.05, 3.63) is 48.0 Å². The molecule has 0 bridgehead atoms. The smallest absolute Gasteiger partial charge is 0.0945 e. The standard InChI is InChI=1S/C12H15NS/c1-2-3-7-10-14-12(13)11-8-5-4-6-9-11/h3-9,13H,2,10H2,1H3. The van der Waals surface area contributed by atoms with Gasteiger partial charge in [-0.05, 0) is 6.42 Å². The number of nitrogens with one attached hydrogen (secondary N) is 1. The van der Waals surface area contributed by atoms with E-state index in [0.29, 0.717) is 5.04 Å². The lowest BCUT2D eigenvalue weighted by molar-refractivity contribution is 1.22. The summed E-state index contributed by atoms with van der Waals surface area (Å²) < 4.78 is 0. The molecule has 2 heteroatoms. The van der Waals surface area contributed by atoms with Gasteiger partial charge in [0.15, 0.2) is 0 Å². The third kappa shape index (κ3) is 3.79. The summed E-state index contributed by atoms with van der Waals surface area (Å²) >= 11 is 1.57. The maximum absolute atomic E-state index is 7.79. The van der Waals surface area contributed by atoms with Crippen LogP contribution in [0.25, 0.3) is 0 Å². The van der Waals surface area contributed by atoms with E-state index in [9.17, 15) is 0 Å². The van der Waals surface area contributed by atoms with Gasteiger partial charge in [0.1, 0.15) is 0 Å². The van der Waals surface area contributed by atoms with Gasteiger partial charge in [-0.1, -0.05) is 49.4 Å². The van der Waals surface area contributed by atoms with E-state index in [1.165, 1.54) is 0 Å². The summed E-state index contributed by atoms with van der Waals surface area (Å²) in [5.74, 6) is 0.890. The zero-order valence-corrected chi connectivity index (χ0v) is 9.18. The number of hydrogen-bond acceptors (Lipinski definition) is 2. The number of hydrogen-bond donors (Lipinski definition) is 1. The third-order valence-electron chi connectivity index (χ3n) is 1.76. The van der Waals surface area contributed by atoms with Crippen molar-refractivity contribution in [2.75, 3.05) is 5.75 Å². The summed E-state index contributed by atoms with van der Waals surface area (Å²) in [5, 5.41) is 8.44. The first-order chi connectivity index (χ1) is 6.84. The van der Waals surface area contributed by atoms with Crippen molar-refractivity contribution < 1.29 is 0 Å². The number of allylic oxidation sites excluding steroid dienone is 1. The van der Waals surface area contributed by atoms with Gasteiger partial charge in [0, 0.05) is 11.3 Å². The second kappa shape index (κ2) is 6.44. The van der Waals surface area contributed by atoms with Crippen LogP contribution in [0.5, 0.6) is 0 Å². The van der Waals surface area contributed by atoms with Gasteiger partial charge < -0.3 is 0 Å². The Labute approximate surface area is 89.7 Å². The highest BCUT2D eigenvalue weighted by molar-refractivity contribution is 8.14. The fourth-order valence-electron chi connectivity index (χ4n) is 1.04. The first-order valence-corrected chi connectivity index (χ1v) is 5.75. The van der Waals surface area contributed by atoms with Gasteiger partial charge in [0.2, 0.25) is 0 Å². The Kier molecular flexibility index (Phi) is 5.08. The quantitative estimate of drug-likeness (QED) is 0.452. The van der Waals surface area contributed by atoms with Crippen LogP contribution in [-0.2, 0) is 0 Å². The van der Waals surface area contributed by atoms with Gasteiger partial charge in [0.05, 0.1) is 5.04 Å². The Hall–Kier alpha value is -1.02. The molecule has 0 aliphatic rings. The van der Waals surface area contributed by atoms with Crippen molar-refractivity contribution in [1.29, 1.82) is 5.41 Å². The van der Waals surface area contributed by atoms with E-state index in [0.717, 1.165) is 17.7 Å². The Morgan fingerprint density at radius 2 is 2.00 bits per heavy atom. The average molecular weight is 205 g/mol. The summed E-state index contributed by atoms with van der Waals surface area (Å²) in [6.45, 7) is 2.11. The average Bonchev–Trinajstić information content (AvgIpc) is 2.25. The van der Waals surface area contributed by atoms with Crippen LogP contribution < -0.4 is 0 Å². The van der Waals surface area contributed by atoms with Crippen LogP contribution in [0.2, 0.25) is 0 Å². The molecule has 14 heavy (non-hydrogen) atoms. The first-order valence-electron chi connectivity index (χ1n) is 4.76. The molecule has 0 fully saturated rings. The molecule has 0 unspecified atom stereocenters. The summed E-state index contributed by atoms with van der Waals surface area (Å²) in [7, 11) is 0. The second-order valence-corrected chi connectivity index (χ2v) is 3.92. The molecule has 0 aliphatic carbocycles. The zero-order valence-electron chi connectivity index (χ0n) is 8.36. The first kappa shape index (κ1) is 11.1. The van der Waals surface area contributed by atoms with Gasteiger partial charge >= 0.3 is 0 Å². The molecule has 1 N–H and O–H groups in total. The third-order valence-corrected chi connectivity index (χ3v) is 2.65. The molecule has 0 spiro atoms. The predicted molar refractivity (Wildman–Crippen MR) is 65.2 cm³/mol. The fraction of sp³-hybridized carbons (Fsp3) is 0.250. The van der Waals surface area contributed by atoms with Crippen LogP contribution in [-0.4, -0.2) is 10.8 Å². The summed E-state index contributed by atoms with van der Waals surface area (Å²) in [6.07, 6.45) is 5.31. The lowest BCUT2D eigenvalue weighted by Gasteiger charge is -2.00. The minimum Gasteiger partial charge on any atom is -0.293 e. The van der Waals surface area contributed by atoms with Crippen LogP contribution >= 0.6 is 11.8 Å². The number of rotatable bonds is 4. The molecule has 74 valence electrons. The van der Waals surface area contributed by atoms with E-state index < -0.39 is 0 Å². The Morgan fingerprint density at radius 1 is 1.29 bits per heavy atom. The minimum absolute atomic E-state index is 0.645. The number of benzene rings is 1. The highest BCUT2D eigenvalue weighted by Crippen LogP contribution is 2.11. The molecule has 1 nitrogen and oxygen atoms in total. The van der Waals surface area contributed by atoms with Crippen LogP contribution in [0.1, 0.15) is 18.9 Å². The van der Waals surface area contributed by atoms with Crippen molar-refractivity contribution in [3.63, 3.8) is 0 Å². The summed E-state index contributed by atoms with van der Waals surface area (Å²) in [6, 6.07) is 9.84. The molecule has 1 rings (SSSR count). The molecule has 0 aromatic heterocycles. The largest absolute Gasteiger partial charge is 0.293 e. The molecule has 0 saturated heterocycles. The van der Waals surface area contributed by atoms with Crippen molar-refractivity contribution in [1.82, 2.24) is 0 Å². The lowest BCUT2D eigenvalue weighted by atomic mass is 10.2. The SMILES string of the molecule is CCC=CCSC(=N)c1ccccc1. The summed E-state index contributed by atoms with van der Waals surface area (Å²) in [5.41, 5.74) is 1.00. The maximum atomic E-state index is 7.79.